The van der Waals surface area contributed by atoms with Gasteiger partial charge in [-0.2, -0.15) is 0 Å². The molecule has 6 nitrogen and oxygen atoms in total. The summed E-state index contributed by atoms with van der Waals surface area (Å²) in [5.41, 5.74) is 7.48. The van der Waals surface area contributed by atoms with Gasteiger partial charge in [-0.25, -0.2) is 4.98 Å². The van der Waals surface area contributed by atoms with E-state index in [1.165, 1.54) is 6.20 Å². The lowest BCUT2D eigenvalue weighted by Crippen LogP contribution is -2.28. The third-order valence-electron chi connectivity index (χ3n) is 3.29. The maximum Gasteiger partial charge on any atom is 0.259 e. The van der Waals surface area contributed by atoms with Crippen molar-refractivity contribution in [3.05, 3.63) is 47.4 Å². The Balaban J connectivity index is 2.41. The summed E-state index contributed by atoms with van der Waals surface area (Å²) >= 11 is 0. The van der Waals surface area contributed by atoms with Crippen LogP contribution in [0.5, 0.6) is 0 Å². The van der Waals surface area contributed by atoms with E-state index in [1.807, 2.05) is 11.8 Å². The number of carbonyl (C=O) groups excluding carboxylic acids is 1. The summed E-state index contributed by atoms with van der Waals surface area (Å²) in [6.45, 7) is 3.34. The van der Waals surface area contributed by atoms with Crippen molar-refractivity contribution in [2.24, 2.45) is 5.73 Å². The van der Waals surface area contributed by atoms with E-state index in [2.05, 4.69) is 10.3 Å². The molecule has 0 atom stereocenters. The summed E-state index contributed by atoms with van der Waals surface area (Å²) in [7, 11) is 0. The molecule has 0 unspecified atom stereocenters. The molecule has 112 valence electrons. The van der Waals surface area contributed by atoms with Gasteiger partial charge in [-0.1, -0.05) is 0 Å². The number of aliphatic hydroxyl groups excluding tert-OH is 1. The molecule has 0 radical (unpaired) electrons. The van der Waals surface area contributed by atoms with Gasteiger partial charge in [-0.3, -0.25) is 4.79 Å². The number of nitrogens with two attached hydrogens (primary N) is 1. The number of rotatable bonds is 4. The minimum Gasteiger partial charge on any atom is -0.405 e. The average molecular weight is 288 g/mol. The Morgan fingerprint density at radius 3 is 3.05 bits per heavy atom. The standard InChI is InChI=1S/C15H20N4O2/c1-2-19-10-12(4-3-6-16)18-15(21)13-8-11(5-7-20)9-17-14(13)19/h3-4,6,8-9,20H,2,5,7,10,16H2,1H3,(H,18,21)/b6-3-,12-4+. The normalized spacial score (nSPS) is 17.0. The van der Waals surface area contributed by atoms with Gasteiger partial charge in [0.05, 0.1) is 12.1 Å². The van der Waals surface area contributed by atoms with Crippen LogP contribution < -0.4 is 16.0 Å². The number of amides is 1. The number of pyridine rings is 1. The Morgan fingerprint density at radius 2 is 2.38 bits per heavy atom. The number of aromatic nitrogens is 1. The van der Waals surface area contributed by atoms with Crippen LogP contribution in [0.1, 0.15) is 22.8 Å². The number of anilines is 1. The SMILES string of the molecule is CCN1C/C(=C\C=C/N)NC(=O)c2cc(CCO)cnc21. The summed E-state index contributed by atoms with van der Waals surface area (Å²) in [6, 6.07) is 1.79. The highest BCUT2D eigenvalue weighted by molar-refractivity contribution is 6.01. The first-order chi connectivity index (χ1) is 10.2. The van der Waals surface area contributed by atoms with E-state index in [4.69, 9.17) is 10.8 Å². The van der Waals surface area contributed by atoms with Gasteiger partial charge in [0.1, 0.15) is 5.82 Å². The Kier molecular flexibility index (Phi) is 4.94. The van der Waals surface area contributed by atoms with Crippen molar-refractivity contribution in [2.75, 3.05) is 24.6 Å². The van der Waals surface area contributed by atoms with E-state index >= 15 is 0 Å². The molecule has 0 saturated heterocycles. The quantitative estimate of drug-likeness (QED) is 0.752. The molecular weight excluding hydrogens is 268 g/mol. The molecule has 0 aromatic carbocycles. The van der Waals surface area contributed by atoms with Crippen LogP contribution in [0.2, 0.25) is 0 Å². The number of fused-ring (bicyclic) bond motifs is 1. The highest BCUT2D eigenvalue weighted by Crippen LogP contribution is 2.23. The molecule has 2 rings (SSSR count). The Hall–Kier alpha value is -2.34. The molecule has 6 heteroatoms. The molecule has 0 fully saturated rings. The zero-order valence-corrected chi connectivity index (χ0v) is 12.0. The first-order valence-corrected chi connectivity index (χ1v) is 6.93. The lowest BCUT2D eigenvalue weighted by Gasteiger charge is -2.21. The van der Waals surface area contributed by atoms with E-state index in [1.54, 1.807) is 24.4 Å². The van der Waals surface area contributed by atoms with Crippen LogP contribution >= 0.6 is 0 Å². The van der Waals surface area contributed by atoms with Gasteiger partial charge in [-0.05, 0) is 43.3 Å². The van der Waals surface area contributed by atoms with Crippen LogP contribution in [0.25, 0.3) is 0 Å². The zero-order chi connectivity index (χ0) is 15.2. The lowest BCUT2D eigenvalue weighted by atomic mass is 10.1. The topological polar surface area (TPSA) is 91.5 Å². The fraction of sp³-hybridized carbons (Fsp3) is 0.333. The van der Waals surface area contributed by atoms with E-state index in [0.717, 1.165) is 17.8 Å². The highest BCUT2D eigenvalue weighted by Gasteiger charge is 2.23. The molecule has 0 bridgehead atoms. The minimum absolute atomic E-state index is 0.0338. The molecule has 1 aliphatic rings. The number of nitrogens with zero attached hydrogens (tertiary/aromatic N) is 2. The second-order valence-electron chi connectivity index (χ2n) is 4.73. The molecule has 1 aromatic rings. The maximum atomic E-state index is 12.4. The van der Waals surface area contributed by atoms with Crippen molar-refractivity contribution in [2.45, 2.75) is 13.3 Å². The third kappa shape index (κ3) is 3.41. The van der Waals surface area contributed by atoms with Crippen LogP contribution in [0.3, 0.4) is 0 Å². The third-order valence-corrected chi connectivity index (χ3v) is 3.29. The Labute approximate surface area is 124 Å². The second-order valence-corrected chi connectivity index (χ2v) is 4.73. The number of hydrogen-bond donors (Lipinski definition) is 3. The molecule has 2 heterocycles. The largest absolute Gasteiger partial charge is 0.405 e. The summed E-state index contributed by atoms with van der Waals surface area (Å²) < 4.78 is 0. The fourth-order valence-electron chi connectivity index (χ4n) is 2.25. The second kappa shape index (κ2) is 6.90. The Bertz CT molecular complexity index is 581. The van der Waals surface area contributed by atoms with Gasteiger partial charge in [-0.15, -0.1) is 0 Å². The van der Waals surface area contributed by atoms with Crippen molar-refractivity contribution in [1.82, 2.24) is 10.3 Å². The summed E-state index contributed by atoms with van der Waals surface area (Å²) in [4.78, 5) is 18.8. The number of allylic oxidation sites excluding steroid dienone is 2. The van der Waals surface area contributed by atoms with E-state index < -0.39 is 0 Å². The average Bonchev–Trinajstić information content (AvgIpc) is 2.62. The fourth-order valence-corrected chi connectivity index (χ4v) is 2.25. The number of likely N-dealkylation sites (N-methyl/N-ethyl adjacent to an activating group) is 1. The van der Waals surface area contributed by atoms with Gasteiger partial charge in [0, 0.05) is 25.0 Å². The summed E-state index contributed by atoms with van der Waals surface area (Å²) in [6.07, 6.45) is 7.08. The van der Waals surface area contributed by atoms with Gasteiger partial charge >= 0.3 is 0 Å². The number of aliphatic hydroxyl groups is 1. The molecule has 0 saturated carbocycles. The molecule has 1 aromatic heterocycles. The van der Waals surface area contributed by atoms with Gasteiger partial charge in [0.2, 0.25) is 0 Å². The monoisotopic (exact) mass is 288 g/mol. The molecule has 1 aliphatic heterocycles. The van der Waals surface area contributed by atoms with Crippen molar-refractivity contribution in [3.63, 3.8) is 0 Å². The van der Waals surface area contributed by atoms with Crippen molar-refractivity contribution >= 4 is 11.7 Å². The lowest BCUT2D eigenvalue weighted by molar-refractivity contribution is 0.0967. The van der Waals surface area contributed by atoms with Crippen LogP contribution in [-0.2, 0) is 6.42 Å². The van der Waals surface area contributed by atoms with Crippen molar-refractivity contribution in [1.29, 1.82) is 0 Å². The van der Waals surface area contributed by atoms with Crippen LogP contribution in [0.15, 0.2) is 36.3 Å². The Morgan fingerprint density at radius 1 is 1.57 bits per heavy atom. The maximum absolute atomic E-state index is 12.4. The van der Waals surface area contributed by atoms with Crippen molar-refractivity contribution in [3.8, 4) is 0 Å². The van der Waals surface area contributed by atoms with Crippen molar-refractivity contribution < 1.29 is 9.90 Å². The highest BCUT2D eigenvalue weighted by atomic mass is 16.3. The predicted molar refractivity (Wildman–Crippen MR) is 81.8 cm³/mol. The predicted octanol–water partition coefficient (Wildman–Crippen LogP) is 0.542. The van der Waals surface area contributed by atoms with Gasteiger partial charge < -0.3 is 21.1 Å². The molecule has 21 heavy (non-hydrogen) atoms. The first kappa shape index (κ1) is 15.1. The van der Waals surface area contributed by atoms with Crippen LogP contribution in [0, 0.1) is 0 Å². The van der Waals surface area contributed by atoms with E-state index in [9.17, 15) is 4.79 Å². The summed E-state index contributed by atoms with van der Waals surface area (Å²) in [5.74, 6) is 0.474. The van der Waals surface area contributed by atoms with Gasteiger partial charge in [0.25, 0.3) is 5.91 Å². The first-order valence-electron chi connectivity index (χ1n) is 6.93. The number of nitrogens with one attached hydrogen (secondary N) is 1. The molecule has 4 N–H and O–H groups in total. The minimum atomic E-state index is -0.190. The zero-order valence-electron chi connectivity index (χ0n) is 12.0. The van der Waals surface area contributed by atoms with E-state index in [0.29, 0.717) is 24.3 Å². The molecule has 1 amide bonds. The van der Waals surface area contributed by atoms with E-state index in [-0.39, 0.29) is 12.5 Å². The molecular formula is C15H20N4O2. The van der Waals surface area contributed by atoms with Gasteiger partial charge in [0.15, 0.2) is 0 Å². The number of carbonyl (C=O) groups is 1. The van der Waals surface area contributed by atoms with Crippen LogP contribution in [0.4, 0.5) is 5.82 Å². The smallest absolute Gasteiger partial charge is 0.259 e. The molecule has 0 spiro atoms. The van der Waals surface area contributed by atoms with Crippen LogP contribution in [-0.4, -0.2) is 35.7 Å². The summed E-state index contributed by atoms with van der Waals surface area (Å²) in [5, 5.41) is 11.9. The number of hydrogen-bond acceptors (Lipinski definition) is 5. The molecule has 0 aliphatic carbocycles.